The molecular weight excluding hydrogens is 256 g/mol. The summed E-state index contributed by atoms with van der Waals surface area (Å²) in [7, 11) is 0. The Morgan fingerprint density at radius 1 is 1.21 bits per heavy atom. The van der Waals surface area contributed by atoms with Crippen LogP contribution in [0.15, 0.2) is 30.3 Å². The van der Waals surface area contributed by atoms with E-state index in [1.807, 2.05) is 18.2 Å². The van der Waals surface area contributed by atoms with Crippen LogP contribution in [0.4, 0.5) is 0 Å². The summed E-state index contributed by atoms with van der Waals surface area (Å²) in [5.41, 5.74) is 1.20. The summed E-state index contributed by atoms with van der Waals surface area (Å²) in [6.07, 6.45) is 1.46. The molecule has 3 nitrogen and oxygen atoms in total. The zero-order valence-electron chi connectivity index (χ0n) is 11.8. The third-order valence-electron chi connectivity index (χ3n) is 3.18. The molecular formula is C15H26N2OS. The molecule has 0 amide bonds. The molecule has 1 aromatic carbocycles. The van der Waals surface area contributed by atoms with Crippen LogP contribution in [0.25, 0.3) is 0 Å². The van der Waals surface area contributed by atoms with Gasteiger partial charge in [-0.25, -0.2) is 0 Å². The molecule has 0 aliphatic heterocycles. The second-order valence-corrected chi connectivity index (χ2v) is 5.64. The van der Waals surface area contributed by atoms with Crippen molar-refractivity contribution in [3.63, 3.8) is 0 Å². The van der Waals surface area contributed by atoms with E-state index in [1.165, 1.54) is 5.56 Å². The molecule has 0 spiro atoms. The number of aliphatic hydroxyl groups is 1. The SMILES string of the molecule is CC(C)CCNCC(O)[C@H](Cc1ccccc1)NS. The highest BCUT2D eigenvalue weighted by Gasteiger charge is 2.17. The van der Waals surface area contributed by atoms with Crippen LogP contribution in [0.2, 0.25) is 0 Å². The van der Waals surface area contributed by atoms with E-state index < -0.39 is 6.10 Å². The minimum absolute atomic E-state index is 0.0442. The largest absolute Gasteiger partial charge is 0.390 e. The van der Waals surface area contributed by atoms with Gasteiger partial charge in [-0.05, 0) is 30.9 Å². The van der Waals surface area contributed by atoms with Crippen molar-refractivity contribution in [3.05, 3.63) is 35.9 Å². The van der Waals surface area contributed by atoms with Crippen molar-refractivity contribution in [2.24, 2.45) is 5.92 Å². The summed E-state index contributed by atoms with van der Waals surface area (Å²) in [5.74, 6) is 0.688. The molecule has 0 aliphatic rings. The lowest BCUT2D eigenvalue weighted by molar-refractivity contribution is 0.136. The van der Waals surface area contributed by atoms with E-state index >= 15 is 0 Å². The van der Waals surface area contributed by atoms with Gasteiger partial charge >= 0.3 is 0 Å². The van der Waals surface area contributed by atoms with Crippen molar-refractivity contribution in [1.29, 1.82) is 0 Å². The van der Waals surface area contributed by atoms with Crippen molar-refractivity contribution >= 4 is 12.8 Å². The molecule has 0 saturated carbocycles. The van der Waals surface area contributed by atoms with Gasteiger partial charge in [-0.3, -0.25) is 4.72 Å². The van der Waals surface area contributed by atoms with Crippen LogP contribution in [-0.4, -0.2) is 30.3 Å². The molecule has 1 aromatic rings. The molecule has 1 rings (SSSR count). The van der Waals surface area contributed by atoms with Gasteiger partial charge in [0.25, 0.3) is 0 Å². The normalized spacial score (nSPS) is 14.6. The van der Waals surface area contributed by atoms with Crippen LogP contribution in [-0.2, 0) is 6.42 Å². The summed E-state index contributed by atoms with van der Waals surface area (Å²) in [5, 5.41) is 13.5. The zero-order valence-corrected chi connectivity index (χ0v) is 12.7. The van der Waals surface area contributed by atoms with Gasteiger partial charge in [0, 0.05) is 12.6 Å². The fourth-order valence-electron chi connectivity index (χ4n) is 1.92. The maximum absolute atomic E-state index is 10.2. The Hall–Kier alpha value is -0.550. The predicted molar refractivity (Wildman–Crippen MR) is 84.4 cm³/mol. The van der Waals surface area contributed by atoms with Crippen LogP contribution in [0.5, 0.6) is 0 Å². The summed E-state index contributed by atoms with van der Waals surface area (Å²) < 4.78 is 2.90. The van der Waals surface area contributed by atoms with Gasteiger partial charge in [-0.15, -0.1) is 0 Å². The Kier molecular flexibility index (Phi) is 8.14. The number of nitrogens with one attached hydrogen (secondary N) is 2. The summed E-state index contributed by atoms with van der Waals surface area (Å²) in [6, 6.07) is 10.1. The van der Waals surface area contributed by atoms with E-state index in [0.717, 1.165) is 19.4 Å². The average molecular weight is 282 g/mol. The summed E-state index contributed by atoms with van der Waals surface area (Å²) >= 11 is 4.13. The smallest absolute Gasteiger partial charge is 0.0829 e. The number of aliphatic hydroxyl groups excluding tert-OH is 1. The van der Waals surface area contributed by atoms with Crippen molar-refractivity contribution in [1.82, 2.24) is 10.0 Å². The lowest BCUT2D eigenvalue weighted by Crippen LogP contribution is -2.43. The van der Waals surface area contributed by atoms with Crippen molar-refractivity contribution < 1.29 is 5.11 Å². The first kappa shape index (κ1) is 16.5. The molecule has 19 heavy (non-hydrogen) atoms. The van der Waals surface area contributed by atoms with Crippen LogP contribution >= 0.6 is 12.8 Å². The number of hydrogen-bond donors (Lipinski definition) is 4. The van der Waals surface area contributed by atoms with E-state index in [0.29, 0.717) is 12.5 Å². The molecule has 4 heteroatoms. The quantitative estimate of drug-likeness (QED) is 0.414. The first-order chi connectivity index (χ1) is 9.13. The molecule has 3 N–H and O–H groups in total. The van der Waals surface area contributed by atoms with Gasteiger partial charge in [0.05, 0.1) is 6.10 Å². The van der Waals surface area contributed by atoms with Crippen molar-refractivity contribution in [3.8, 4) is 0 Å². The highest BCUT2D eigenvalue weighted by atomic mass is 32.1. The zero-order chi connectivity index (χ0) is 14.1. The summed E-state index contributed by atoms with van der Waals surface area (Å²) in [4.78, 5) is 0. The Morgan fingerprint density at radius 3 is 2.47 bits per heavy atom. The number of hydrogen-bond acceptors (Lipinski definition) is 4. The Morgan fingerprint density at radius 2 is 1.89 bits per heavy atom. The molecule has 2 atom stereocenters. The second-order valence-electron chi connectivity index (χ2n) is 5.38. The Bertz CT molecular complexity index is 332. The van der Waals surface area contributed by atoms with Crippen LogP contribution in [0.3, 0.4) is 0 Å². The van der Waals surface area contributed by atoms with Crippen molar-refractivity contribution in [2.45, 2.75) is 38.8 Å². The molecule has 0 aliphatic carbocycles. The van der Waals surface area contributed by atoms with Crippen LogP contribution < -0.4 is 10.0 Å². The van der Waals surface area contributed by atoms with E-state index in [4.69, 9.17) is 0 Å². The average Bonchev–Trinajstić information content (AvgIpc) is 2.41. The van der Waals surface area contributed by atoms with Gasteiger partial charge in [-0.1, -0.05) is 57.0 Å². The standard InChI is InChI=1S/C15H26N2OS/c1-12(2)8-9-16-11-15(18)14(17-19)10-13-6-4-3-5-7-13/h3-7,12,14-19H,8-11H2,1-2H3/t14-,15?/m0/s1. The minimum Gasteiger partial charge on any atom is -0.390 e. The highest BCUT2D eigenvalue weighted by molar-refractivity contribution is 7.78. The fraction of sp³-hybridized carbons (Fsp3) is 0.600. The van der Waals surface area contributed by atoms with Gasteiger partial charge in [-0.2, -0.15) is 0 Å². The molecule has 0 heterocycles. The number of benzene rings is 1. The molecule has 0 aromatic heterocycles. The first-order valence-electron chi connectivity index (χ1n) is 6.95. The summed E-state index contributed by atoms with van der Waals surface area (Å²) in [6.45, 7) is 5.94. The second kappa shape index (κ2) is 9.37. The maximum atomic E-state index is 10.2. The predicted octanol–water partition coefficient (Wildman–Crippen LogP) is 2.03. The van der Waals surface area contributed by atoms with Gasteiger partial charge < -0.3 is 10.4 Å². The van der Waals surface area contributed by atoms with E-state index in [-0.39, 0.29) is 6.04 Å². The topological polar surface area (TPSA) is 44.3 Å². The van der Waals surface area contributed by atoms with Gasteiger partial charge in [0.15, 0.2) is 0 Å². The van der Waals surface area contributed by atoms with E-state index in [9.17, 15) is 5.11 Å². The number of thiol groups is 1. The van der Waals surface area contributed by atoms with Gasteiger partial charge in [0.2, 0.25) is 0 Å². The molecule has 0 bridgehead atoms. The van der Waals surface area contributed by atoms with Crippen molar-refractivity contribution in [2.75, 3.05) is 13.1 Å². The number of rotatable bonds is 9. The molecule has 108 valence electrons. The fourth-order valence-corrected chi connectivity index (χ4v) is 2.18. The molecule has 0 saturated heterocycles. The Balaban J connectivity index is 2.33. The Labute approximate surface area is 122 Å². The van der Waals surface area contributed by atoms with E-state index in [2.05, 4.69) is 48.8 Å². The minimum atomic E-state index is -0.440. The molecule has 0 fully saturated rings. The lowest BCUT2D eigenvalue weighted by Gasteiger charge is -2.22. The lowest BCUT2D eigenvalue weighted by atomic mass is 10.0. The molecule has 0 radical (unpaired) electrons. The molecule has 1 unspecified atom stereocenters. The third kappa shape index (κ3) is 6.97. The van der Waals surface area contributed by atoms with Gasteiger partial charge in [0.1, 0.15) is 0 Å². The van der Waals surface area contributed by atoms with Crippen LogP contribution in [0, 0.1) is 5.92 Å². The maximum Gasteiger partial charge on any atom is 0.0829 e. The van der Waals surface area contributed by atoms with E-state index in [1.54, 1.807) is 0 Å². The monoisotopic (exact) mass is 282 g/mol. The van der Waals surface area contributed by atoms with Crippen LogP contribution in [0.1, 0.15) is 25.8 Å². The first-order valence-corrected chi connectivity index (χ1v) is 7.40. The third-order valence-corrected chi connectivity index (χ3v) is 3.51. The highest BCUT2D eigenvalue weighted by Crippen LogP contribution is 2.07.